The van der Waals surface area contributed by atoms with Crippen LogP contribution >= 0.6 is 12.4 Å². The maximum atomic E-state index is 12.1. The van der Waals surface area contributed by atoms with Crippen molar-refractivity contribution in [1.29, 1.82) is 0 Å². The van der Waals surface area contributed by atoms with E-state index in [2.05, 4.69) is 10.6 Å². The van der Waals surface area contributed by atoms with E-state index in [0.717, 1.165) is 12.8 Å². The van der Waals surface area contributed by atoms with Gasteiger partial charge in [0, 0.05) is 25.6 Å². The fourth-order valence-electron chi connectivity index (χ4n) is 3.08. The number of hydrogen-bond acceptors (Lipinski definition) is 4. The molecule has 2 rings (SSSR count). The molecule has 2 fully saturated rings. The van der Waals surface area contributed by atoms with E-state index in [1.54, 1.807) is 0 Å². The fraction of sp³-hybridized carbons (Fsp3) is 0.786. The van der Waals surface area contributed by atoms with E-state index in [1.807, 2.05) is 0 Å². The molecule has 126 valence electrons. The number of rotatable bonds is 5. The Morgan fingerprint density at radius 3 is 2.59 bits per heavy atom. The molecule has 1 saturated carbocycles. The number of nitrogens with one attached hydrogen (secondary N) is 2. The van der Waals surface area contributed by atoms with Crippen molar-refractivity contribution < 1.29 is 14.4 Å². The van der Waals surface area contributed by atoms with Crippen molar-refractivity contribution in [2.24, 2.45) is 11.7 Å². The molecule has 0 spiro atoms. The van der Waals surface area contributed by atoms with Crippen molar-refractivity contribution in [2.75, 3.05) is 19.6 Å². The first-order chi connectivity index (χ1) is 10.1. The number of imide groups is 1. The molecule has 0 aromatic rings. The molecule has 2 aliphatic rings. The van der Waals surface area contributed by atoms with Crippen LogP contribution in [0.2, 0.25) is 0 Å². The minimum Gasteiger partial charge on any atom is -0.350 e. The highest BCUT2D eigenvalue weighted by atomic mass is 35.5. The lowest BCUT2D eigenvalue weighted by molar-refractivity contribution is -0.125. The predicted molar refractivity (Wildman–Crippen MR) is 84.5 cm³/mol. The van der Waals surface area contributed by atoms with Gasteiger partial charge in [-0.1, -0.05) is 19.3 Å². The monoisotopic (exact) mass is 332 g/mol. The van der Waals surface area contributed by atoms with E-state index in [1.165, 1.54) is 24.2 Å². The summed E-state index contributed by atoms with van der Waals surface area (Å²) in [6.07, 6.45) is 6.06. The maximum absolute atomic E-state index is 12.1. The smallest absolute Gasteiger partial charge is 0.324 e. The summed E-state index contributed by atoms with van der Waals surface area (Å²) in [7, 11) is 0. The van der Waals surface area contributed by atoms with Gasteiger partial charge in [-0.25, -0.2) is 4.79 Å². The third kappa shape index (κ3) is 5.14. The molecule has 4 N–H and O–H groups in total. The number of carbonyl (C=O) groups excluding carboxylic acids is 3. The minimum absolute atomic E-state index is 0. The molecule has 4 amide bonds. The number of amides is 4. The Labute approximate surface area is 136 Å². The van der Waals surface area contributed by atoms with Crippen LogP contribution in [0.5, 0.6) is 0 Å². The summed E-state index contributed by atoms with van der Waals surface area (Å²) in [4.78, 5) is 36.1. The summed E-state index contributed by atoms with van der Waals surface area (Å²) in [6.45, 7) is 0.679. The average Bonchev–Trinajstić information content (AvgIpc) is 2.48. The zero-order chi connectivity index (χ0) is 15.2. The Kier molecular flexibility index (Phi) is 7.61. The molecule has 0 bridgehead atoms. The molecule has 1 heterocycles. The summed E-state index contributed by atoms with van der Waals surface area (Å²) in [5.41, 5.74) is 5.78. The molecule has 0 aromatic carbocycles. The largest absolute Gasteiger partial charge is 0.350 e. The Bertz CT molecular complexity index is 413. The Morgan fingerprint density at radius 1 is 1.32 bits per heavy atom. The molecule has 1 atom stereocenters. The predicted octanol–water partition coefficient (Wildman–Crippen LogP) is 0.374. The fourth-order valence-corrected chi connectivity index (χ4v) is 3.08. The summed E-state index contributed by atoms with van der Waals surface area (Å²) in [5, 5.41) is 5.15. The zero-order valence-corrected chi connectivity index (χ0v) is 13.5. The quantitative estimate of drug-likeness (QED) is 0.676. The third-order valence-electron chi connectivity index (χ3n) is 4.30. The van der Waals surface area contributed by atoms with Crippen LogP contribution in [-0.2, 0) is 9.59 Å². The lowest BCUT2D eigenvalue weighted by atomic mass is 9.84. The summed E-state index contributed by atoms with van der Waals surface area (Å²) < 4.78 is 0. The van der Waals surface area contributed by atoms with Crippen molar-refractivity contribution >= 4 is 30.3 Å². The van der Waals surface area contributed by atoms with Gasteiger partial charge >= 0.3 is 6.03 Å². The van der Waals surface area contributed by atoms with Gasteiger partial charge in [-0.05, 0) is 18.8 Å². The van der Waals surface area contributed by atoms with Gasteiger partial charge in [-0.15, -0.1) is 12.4 Å². The topological polar surface area (TPSA) is 105 Å². The van der Waals surface area contributed by atoms with Crippen LogP contribution in [0.1, 0.15) is 38.5 Å². The van der Waals surface area contributed by atoms with Gasteiger partial charge in [0.25, 0.3) is 0 Å². The Hall–Kier alpha value is -1.34. The van der Waals surface area contributed by atoms with E-state index in [-0.39, 0.29) is 49.8 Å². The van der Waals surface area contributed by atoms with Crippen LogP contribution in [0.15, 0.2) is 0 Å². The molecule has 1 unspecified atom stereocenters. The van der Waals surface area contributed by atoms with E-state index in [0.29, 0.717) is 12.5 Å². The molecule has 0 radical (unpaired) electrons. The SMILES string of the molecule is Cl.NCC(NC(=O)CN1CCC(=O)NC1=O)C1CCCCC1. The molecular weight excluding hydrogens is 308 g/mol. The lowest BCUT2D eigenvalue weighted by Gasteiger charge is -2.31. The van der Waals surface area contributed by atoms with Gasteiger partial charge < -0.3 is 16.0 Å². The molecule has 1 aliphatic carbocycles. The Balaban J connectivity index is 0.00000242. The number of urea groups is 1. The van der Waals surface area contributed by atoms with E-state index >= 15 is 0 Å². The second kappa shape index (κ2) is 8.95. The van der Waals surface area contributed by atoms with Crippen LogP contribution < -0.4 is 16.4 Å². The Morgan fingerprint density at radius 2 is 2.00 bits per heavy atom. The zero-order valence-electron chi connectivity index (χ0n) is 12.7. The molecule has 8 heteroatoms. The van der Waals surface area contributed by atoms with E-state index in [9.17, 15) is 14.4 Å². The normalized spacial score (nSPS) is 20.9. The van der Waals surface area contributed by atoms with Gasteiger partial charge in [0.2, 0.25) is 11.8 Å². The summed E-state index contributed by atoms with van der Waals surface area (Å²) >= 11 is 0. The van der Waals surface area contributed by atoms with Gasteiger partial charge in [-0.2, -0.15) is 0 Å². The van der Waals surface area contributed by atoms with Crippen molar-refractivity contribution in [3.63, 3.8) is 0 Å². The highest BCUT2D eigenvalue weighted by Gasteiger charge is 2.27. The average molecular weight is 333 g/mol. The van der Waals surface area contributed by atoms with Crippen molar-refractivity contribution in [1.82, 2.24) is 15.5 Å². The van der Waals surface area contributed by atoms with Crippen molar-refractivity contribution in [3.8, 4) is 0 Å². The summed E-state index contributed by atoms with van der Waals surface area (Å²) in [6, 6.07) is -0.518. The van der Waals surface area contributed by atoms with Gasteiger partial charge in [0.05, 0.1) is 0 Å². The first kappa shape index (κ1) is 18.7. The second-order valence-electron chi connectivity index (χ2n) is 5.83. The molecule has 1 aliphatic heterocycles. The number of nitrogens with two attached hydrogens (primary N) is 1. The lowest BCUT2D eigenvalue weighted by Crippen LogP contribution is -2.54. The van der Waals surface area contributed by atoms with Gasteiger partial charge in [-0.3, -0.25) is 14.9 Å². The molecule has 0 aromatic heterocycles. The highest BCUT2D eigenvalue weighted by Crippen LogP contribution is 2.26. The number of hydrogen-bond donors (Lipinski definition) is 3. The molecule has 7 nitrogen and oxygen atoms in total. The van der Waals surface area contributed by atoms with Crippen LogP contribution in [0.4, 0.5) is 4.79 Å². The standard InChI is InChI=1S/C14H24N4O3.ClH/c15-8-11(10-4-2-1-3-5-10)16-13(20)9-18-7-6-12(19)17-14(18)21;/h10-11H,1-9,15H2,(H,16,20)(H,17,19,21);1H. The van der Waals surface area contributed by atoms with Crippen LogP contribution in [-0.4, -0.2) is 48.4 Å². The van der Waals surface area contributed by atoms with Gasteiger partial charge in [0.15, 0.2) is 0 Å². The van der Waals surface area contributed by atoms with E-state index < -0.39 is 6.03 Å². The van der Waals surface area contributed by atoms with Crippen LogP contribution in [0.25, 0.3) is 0 Å². The van der Waals surface area contributed by atoms with Crippen molar-refractivity contribution in [3.05, 3.63) is 0 Å². The molecular formula is C14H25ClN4O3. The van der Waals surface area contributed by atoms with Crippen LogP contribution in [0.3, 0.4) is 0 Å². The molecule has 22 heavy (non-hydrogen) atoms. The number of halogens is 1. The van der Waals surface area contributed by atoms with Gasteiger partial charge in [0.1, 0.15) is 6.54 Å². The second-order valence-corrected chi connectivity index (χ2v) is 5.83. The number of nitrogens with zero attached hydrogens (tertiary/aromatic N) is 1. The highest BCUT2D eigenvalue weighted by molar-refractivity contribution is 5.98. The molecule has 1 saturated heterocycles. The first-order valence-electron chi connectivity index (χ1n) is 7.68. The first-order valence-corrected chi connectivity index (χ1v) is 7.68. The van der Waals surface area contributed by atoms with E-state index in [4.69, 9.17) is 5.73 Å². The van der Waals surface area contributed by atoms with Crippen molar-refractivity contribution in [2.45, 2.75) is 44.6 Å². The maximum Gasteiger partial charge on any atom is 0.324 e. The minimum atomic E-state index is -0.497. The number of carbonyl (C=O) groups is 3. The van der Waals surface area contributed by atoms with Crippen LogP contribution in [0, 0.1) is 5.92 Å². The summed E-state index contributed by atoms with van der Waals surface area (Å²) in [5.74, 6) is -0.0660. The third-order valence-corrected chi connectivity index (χ3v) is 4.30.